The Bertz CT molecular complexity index is 1110. The molecule has 1 aliphatic heterocycles. The molecular formula is C25H27FN4O2. The van der Waals surface area contributed by atoms with Gasteiger partial charge in [-0.05, 0) is 55.5 Å². The number of nitrogens with one attached hydrogen (secondary N) is 1. The van der Waals surface area contributed by atoms with E-state index in [1.807, 2.05) is 18.2 Å². The maximum atomic E-state index is 13.6. The quantitative estimate of drug-likeness (QED) is 0.580. The van der Waals surface area contributed by atoms with E-state index < -0.39 is 5.82 Å². The number of aromatic nitrogens is 2. The Kier molecular flexibility index (Phi) is 6.94. The summed E-state index contributed by atoms with van der Waals surface area (Å²) in [7, 11) is 0. The predicted molar refractivity (Wildman–Crippen MR) is 123 cm³/mol. The highest BCUT2D eigenvalue weighted by atomic mass is 19.1. The third-order valence-corrected chi connectivity index (χ3v) is 5.81. The van der Waals surface area contributed by atoms with E-state index >= 15 is 0 Å². The van der Waals surface area contributed by atoms with Crippen molar-refractivity contribution in [2.45, 2.75) is 25.7 Å². The van der Waals surface area contributed by atoms with E-state index in [1.165, 1.54) is 28.4 Å². The Hall–Kier alpha value is -3.48. The van der Waals surface area contributed by atoms with Crippen LogP contribution in [0.1, 0.15) is 24.8 Å². The largest absolute Gasteiger partial charge is 0.356 e. The molecule has 0 spiro atoms. The van der Waals surface area contributed by atoms with E-state index in [-0.39, 0.29) is 17.4 Å². The zero-order valence-electron chi connectivity index (χ0n) is 17.9. The zero-order valence-corrected chi connectivity index (χ0v) is 17.9. The number of carbonyl (C=O) groups is 1. The van der Waals surface area contributed by atoms with Crippen molar-refractivity contribution < 1.29 is 9.18 Å². The van der Waals surface area contributed by atoms with Crippen LogP contribution in [0.25, 0.3) is 5.69 Å². The molecule has 4 rings (SSSR count). The summed E-state index contributed by atoms with van der Waals surface area (Å²) in [5, 5.41) is 7.50. The van der Waals surface area contributed by atoms with Gasteiger partial charge in [0.25, 0.3) is 5.56 Å². The SMILES string of the molecule is O=C(NCCCc1ccccc1)C1CCN(c2ccc(=O)n(-c3cccc(F)c3)n2)CC1. The van der Waals surface area contributed by atoms with Crippen LogP contribution < -0.4 is 15.8 Å². The van der Waals surface area contributed by atoms with Crippen LogP contribution in [0.15, 0.2) is 71.5 Å². The van der Waals surface area contributed by atoms with Gasteiger partial charge in [-0.3, -0.25) is 9.59 Å². The lowest BCUT2D eigenvalue weighted by Gasteiger charge is -2.32. The molecule has 1 N–H and O–H groups in total. The van der Waals surface area contributed by atoms with Gasteiger partial charge in [0, 0.05) is 31.6 Å². The number of anilines is 1. The second-order valence-corrected chi connectivity index (χ2v) is 8.06. The molecule has 0 unspecified atom stereocenters. The molecule has 0 saturated carbocycles. The first-order chi connectivity index (χ1) is 15.6. The monoisotopic (exact) mass is 434 g/mol. The number of aryl methyl sites for hydroxylation is 1. The molecule has 2 heterocycles. The summed E-state index contributed by atoms with van der Waals surface area (Å²) in [6.07, 6.45) is 3.32. The van der Waals surface area contributed by atoms with Gasteiger partial charge in [-0.1, -0.05) is 36.4 Å². The third kappa shape index (κ3) is 5.41. The van der Waals surface area contributed by atoms with E-state index in [9.17, 15) is 14.0 Å². The van der Waals surface area contributed by atoms with Gasteiger partial charge in [-0.25, -0.2) is 4.39 Å². The lowest BCUT2D eigenvalue weighted by atomic mass is 9.96. The average molecular weight is 435 g/mol. The molecule has 3 aromatic rings. The number of halogens is 1. The van der Waals surface area contributed by atoms with E-state index in [0.717, 1.165) is 25.7 Å². The van der Waals surface area contributed by atoms with Crippen molar-refractivity contribution in [1.82, 2.24) is 15.1 Å². The fourth-order valence-corrected chi connectivity index (χ4v) is 4.03. The van der Waals surface area contributed by atoms with Gasteiger partial charge < -0.3 is 10.2 Å². The number of hydrogen-bond donors (Lipinski definition) is 1. The minimum Gasteiger partial charge on any atom is -0.356 e. The van der Waals surface area contributed by atoms with Gasteiger partial charge in [0.15, 0.2) is 0 Å². The summed E-state index contributed by atoms with van der Waals surface area (Å²) in [6.45, 7) is 2.03. The topological polar surface area (TPSA) is 67.2 Å². The van der Waals surface area contributed by atoms with Gasteiger partial charge in [0.05, 0.1) is 5.69 Å². The number of piperidine rings is 1. The van der Waals surface area contributed by atoms with Gasteiger partial charge in [0.2, 0.25) is 5.91 Å². The minimum atomic E-state index is -0.419. The normalized spacial score (nSPS) is 14.3. The summed E-state index contributed by atoms with van der Waals surface area (Å²) >= 11 is 0. The molecule has 1 amide bonds. The number of benzene rings is 2. The van der Waals surface area contributed by atoms with Crippen molar-refractivity contribution >= 4 is 11.7 Å². The summed E-state index contributed by atoms with van der Waals surface area (Å²) in [5.74, 6) is 0.320. The first-order valence-corrected chi connectivity index (χ1v) is 11.0. The minimum absolute atomic E-state index is 0.0166. The van der Waals surface area contributed by atoms with Crippen molar-refractivity contribution in [2.75, 3.05) is 24.5 Å². The van der Waals surface area contributed by atoms with E-state index in [1.54, 1.807) is 18.2 Å². The molecule has 1 saturated heterocycles. The van der Waals surface area contributed by atoms with Gasteiger partial charge in [-0.15, -0.1) is 5.10 Å². The Balaban J connectivity index is 1.29. The molecule has 6 nitrogen and oxygen atoms in total. The molecule has 0 aliphatic carbocycles. The second-order valence-electron chi connectivity index (χ2n) is 8.06. The Labute approximate surface area is 186 Å². The highest BCUT2D eigenvalue weighted by Crippen LogP contribution is 2.22. The second kappa shape index (κ2) is 10.2. The third-order valence-electron chi connectivity index (χ3n) is 5.81. The number of hydrogen-bond acceptors (Lipinski definition) is 4. The van der Waals surface area contributed by atoms with Gasteiger partial charge in [0.1, 0.15) is 11.6 Å². The van der Waals surface area contributed by atoms with Gasteiger partial charge >= 0.3 is 0 Å². The molecular weight excluding hydrogens is 407 g/mol. The van der Waals surface area contributed by atoms with Crippen LogP contribution in [0.4, 0.5) is 10.2 Å². The summed E-state index contributed by atoms with van der Waals surface area (Å²) in [4.78, 5) is 26.8. The first kappa shape index (κ1) is 21.7. The van der Waals surface area contributed by atoms with Crippen molar-refractivity contribution in [2.24, 2.45) is 5.92 Å². The maximum absolute atomic E-state index is 13.6. The van der Waals surface area contributed by atoms with E-state index in [0.29, 0.717) is 31.1 Å². The van der Waals surface area contributed by atoms with Crippen LogP contribution >= 0.6 is 0 Å². The lowest BCUT2D eigenvalue weighted by molar-refractivity contribution is -0.125. The fraction of sp³-hybridized carbons (Fsp3) is 0.320. The smallest absolute Gasteiger partial charge is 0.271 e. The van der Waals surface area contributed by atoms with Crippen molar-refractivity contribution in [3.05, 3.63) is 88.5 Å². The summed E-state index contributed by atoms with van der Waals surface area (Å²) in [5.41, 5.74) is 1.35. The number of amides is 1. The van der Waals surface area contributed by atoms with Crippen LogP contribution in [0, 0.1) is 11.7 Å². The molecule has 0 atom stereocenters. The fourth-order valence-electron chi connectivity index (χ4n) is 4.03. The molecule has 1 aromatic heterocycles. The Morgan fingerprint density at radius 1 is 1.03 bits per heavy atom. The molecule has 0 radical (unpaired) electrons. The van der Waals surface area contributed by atoms with Crippen LogP contribution in [-0.4, -0.2) is 35.3 Å². The van der Waals surface area contributed by atoms with Crippen LogP contribution in [0.3, 0.4) is 0 Å². The van der Waals surface area contributed by atoms with Crippen molar-refractivity contribution in [3.63, 3.8) is 0 Å². The highest BCUT2D eigenvalue weighted by Gasteiger charge is 2.25. The summed E-state index contributed by atoms with van der Waals surface area (Å²) < 4.78 is 14.8. The zero-order chi connectivity index (χ0) is 22.3. The number of rotatable bonds is 7. The van der Waals surface area contributed by atoms with Crippen molar-refractivity contribution in [3.8, 4) is 5.69 Å². The molecule has 32 heavy (non-hydrogen) atoms. The van der Waals surface area contributed by atoms with Crippen LogP contribution in [0.5, 0.6) is 0 Å². The summed E-state index contributed by atoms with van der Waals surface area (Å²) in [6, 6.07) is 19.2. The lowest BCUT2D eigenvalue weighted by Crippen LogP contribution is -2.41. The molecule has 2 aromatic carbocycles. The Morgan fingerprint density at radius 3 is 2.56 bits per heavy atom. The maximum Gasteiger partial charge on any atom is 0.271 e. The molecule has 1 aliphatic rings. The van der Waals surface area contributed by atoms with Crippen LogP contribution in [0.2, 0.25) is 0 Å². The van der Waals surface area contributed by atoms with Crippen molar-refractivity contribution in [1.29, 1.82) is 0 Å². The van der Waals surface area contributed by atoms with Gasteiger partial charge in [-0.2, -0.15) is 4.68 Å². The molecule has 7 heteroatoms. The predicted octanol–water partition coefficient (Wildman–Crippen LogP) is 3.34. The molecule has 0 bridgehead atoms. The first-order valence-electron chi connectivity index (χ1n) is 11.0. The van der Waals surface area contributed by atoms with E-state index in [2.05, 4.69) is 27.4 Å². The Morgan fingerprint density at radius 2 is 1.81 bits per heavy atom. The highest BCUT2D eigenvalue weighted by molar-refractivity contribution is 5.78. The molecule has 1 fully saturated rings. The number of nitrogens with zero attached hydrogens (tertiary/aromatic N) is 3. The molecule has 166 valence electrons. The van der Waals surface area contributed by atoms with E-state index in [4.69, 9.17) is 0 Å². The average Bonchev–Trinajstić information content (AvgIpc) is 2.83. The standard InChI is InChI=1S/C25H27FN4O2/c26-21-9-4-10-22(18-21)30-24(31)12-11-23(28-30)29-16-13-20(14-17-29)25(32)27-15-5-8-19-6-2-1-3-7-19/h1-4,6-7,9-12,18,20H,5,8,13-17H2,(H,27,32). The number of carbonyl (C=O) groups excluding carboxylic acids is 1. The van der Waals surface area contributed by atoms with Crippen LogP contribution in [-0.2, 0) is 11.2 Å².